The summed E-state index contributed by atoms with van der Waals surface area (Å²) in [6, 6.07) is 6.38. The molecule has 80 valence electrons. The molecule has 0 spiro atoms. The van der Waals surface area contributed by atoms with Crippen molar-refractivity contribution in [1.29, 1.82) is 0 Å². The van der Waals surface area contributed by atoms with E-state index in [4.69, 9.17) is 10.8 Å². The highest BCUT2D eigenvalue weighted by atomic mass is 16.4. The number of rotatable bonds is 4. The molecule has 0 saturated carbocycles. The van der Waals surface area contributed by atoms with Gasteiger partial charge in [-0.25, -0.2) is 4.79 Å². The van der Waals surface area contributed by atoms with Gasteiger partial charge in [0, 0.05) is 6.54 Å². The van der Waals surface area contributed by atoms with Crippen molar-refractivity contribution in [3.8, 4) is 0 Å². The number of nitrogens with two attached hydrogens (primary N) is 1. The average molecular weight is 208 g/mol. The summed E-state index contributed by atoms with van der Waals surface area (Å²) in [4.78, 5) is 21.5. The number of carbonyl (C=O) groups is 2. The normalized spacial score (nSPS) is 9.67. The fraction of sp³-hybridized carbons (Fsp3) is 0.200. The van der Waals surface area contributed by atoms with Gasteiger partial charge in [-0.15, -0.1) is 0 Å². The zero-order valence-corrected chi connectivity index (χ0v) is 8.06. The first-order valence-corrected chi connectivity index (χ1v) is 4.42. The van der Waals surface area contributed by atoms with Crippen LogP contribution in [-0.4, -0.2) is 23.5 Å². The Balaban J connectivity index is 2.66. The molecule has 1 rings (SSSR count). The minimum absolute atomic E-state index is 0.0708. The van der Waals surface area contributed by atoms with E-state index in [0.29, 0.717) is 0 Å². The van der Waals surface area contributed by atoms with E-state index in [1.807, 2.05) is 0 Å². The Bertz CT molecular complexity index is 377. The lowest BCUT2D eigenvalue weighted by Crippen LogP contribution is -2.29. The predicted molar refractivity (Wildman–Crippen MR) is 54.3 cm³/mol. The molecule has 0 heterocycles. The van der Waals surface area contributed by atoms with Crippen LogP contribution in [0.5, 0.6) is 0 Å². The lowest BCUT2D eigenvalue weighted by Gasteiger charge is -2.04. The van der Waals surface area contributed by atoms with Crippen LogP contribution in [0.15, 0.2) is 24.3 Å². The van der Waals surface area contributed by atoms with Crippen molar-refractivity contribution in [3.63, 3.8) is 0 Å². The van der Waals surface area contributed by atoms with Crippen LogP contribution in [0.2, 0.25) is 0 Å². The summed E-state index contributed by atoms with van der Waals surface area (Å²) in [5.41, 5.74) is 6.04. The highest BCUT2D eigenvalue weighted by Gasteiger charge is 2.03. The third-order valence-corrected chi connectivity index (χ3v) is 1.85. The van der Waals surface area contributed by atoms with Crippen LogP contribution >= 0.6 is 0 Å². The van der Waals surface area contributed by atoms with Crippen LogP contribution in [0.1, 0.15) is 15.9 Å². The second-order valence-electron chi connectivity index (χ2n) is 2.99. The molecule has 0 fully saturated rings. The maximum Gasteiger partial charge on any atom is 0.335 e. The fourth-order valence-corrected chi connectivity index (χ4v) is 1.09. The molecule has 0 unspecified atom stereocenters. The summed E-state index contributed by atoms with van der Waals surface area (Å²) in [5, 5.41) is 11.3. The molecule has 1 aromatic carbocycles. The minimum Gasteiger partial charge on any atom is -0.478 e. The van der Waals surface area contributed by atoms with Gasteiger partial charge in [-0.3, -0.25) is 4.79 Å². The number of benzene rings is 1. The third-order valence-electron chi connectivity index (χ3n) is 1.85. The number of aromatic carboxylic acids is 1. The lowest BCUT2D eigenvalue weighted by atomic mass is 10.1. The van der Waals surface area contributed by atoms with Crippen LogP contribution < -0.4 is 11.1 Å². The SMILES string of the molecule is NCC(=O)NCc1cccc(C(=O)O)c1. The van der Waals surface area contributed by atoms with Gasteiger partial charge in [0.1, 0.15) is 0 Å². The van der Waals surface area contributed by atoms with Crippen molar-refractivity contribution in [2.24, 2.45) is 5.73 Å². The molecule has 0 atom stereocenters. The summed E-state index contributed by atoms with van der Waals surface area (Å²) in [7, 11) is 0. The second kappa shape index (κ2) is 5.11. The van der Waals surface area contributed by atoms with Gasteiger partial charge in [0.2, 0.25) is 5.91 Å². The zero-order chi connectivity index (χ0) is 11.3. The molecule has 0 radical (unpaired) electrons. The molecule has 15 heavy (non-hydrogen) atoms. The van der Waals surface area contributed by atoms with Gasteiger partial charge in [-0.05, 0) is 17.7 Å². The smallest absolute Gasteiger partial charge is 0.335 e. The van der Waals surface area contributed by atoms with Crippen molar-refractivity contribution in [1.82, 2.24) is 5.32 Å². The van der Waals surface area contributed by atoms with Crippen molar-refractivity contribution < 1.29 is 14.7 Å². The van der Waals surface area contributed by atoms with Gasteiger partial charge in [0.05, 0.1) is 12.1 Å². The number of hydrogen-bond donors (Lipinski definition) is 3. The van der Waals surface area contributed by atoms with Gasteiger partial charge in [0.15, 0.2) is 0 Å². The van der Waals surface area contributed by atoms with E-state index in [2.05, 4.69) is 5.32 Å². The third kappa shape index (κ3) is 3.40. The molecule has 1 amide bonds. The predicted octanol–water partition coefficient (Wildman–Crippen LogP) is -0.0403. The van der Waals surface area contributed by atoms with Crippen LogP contribution in [0.4, 0.5) is 0 Å². The lowest BCUT2D eigenvalue weighted by molar-refractivity contribution is -0.119. The molecule has 4 N–H and O–H groups in total. The Morgan fingerprint density at radius 3 is 2.73 bits per heavy atom. The first kappa shape index (κ1) is 11.2. The summed E-state index contributed by atoms with van der Waals surface area (Å²) < 4.78 is 0. The van der Waals surface area contributed by atoms with Crippen molar-refractivity contribution >= 4 is 11.9 Å². The van der Waals surface area contributed by atoms with Crippen LogP contribution in [-0.2, 0) is 11.3 Å². The molecule has 0 saturated heterocycles. The maximum absolute atomic E-state index is 10.9. The molecule has 1 aromatic rings. The van der Waals surface area contributed by atoms with Gasteiger partial charge in [-0.2, -0.15) is 0 Å². The minimum atomic E-state index is -0.984. The number of hydrogen-bond acceptors (Lipinski definition) is 3. The molecule has 0 aliphatic rings. The number of carboxylic acids is 1. The van der Waals surface area contributed by atoms with E-state index < -0.39 is 5.97 Å². The van der Waals surface area contributed by atoms with Crippen LogP contribution in [0.25, 0.3) is 0 Å². The van der Waals surface area contributed by atoms with Crippen molar-refractivity contribution in [3.05, 3.63) is 35.4 Å². The van der Waals surface area contributed by atoms with E-state index in [-0.39, 0.29) is 24.6 Å². The second-order valence-corrected chi connectivity index (χ2v) is 2.99. The largest absolute Gasteiger partial charge is 0.478 e. The monoisotopic (exact) mass is 208 g/mol. The maximum atomic E-state index is 10.9. The van der Waals surface area contributed by atoms with Crippen LogP contribution in [0, 0.1) is 0 Å². The Morgan fingerprint density at radius 2 is 2.13 bits per heavy atom. The molecule has 0 aliphatic carbocycles. The van der Waals surface area contributed by atoms with Gasteiger partial charge in [0.25, 0.3) is 0 Å². The molecule has 0 bridgehead atoms. The standard InChI is InChI=1S/C10H12N2O3/c11-5-9(13)12-6-7-2-1-3-8(4-7)10(14)15/h1-4H,5-6,11H2,(H,12,13)(H,14,15). The number of nitrogens with one attached hydrogen (secondary N) is 1. The quantitative estimate of drug-likeness (QED) is 0.647. The molecular formula is C10H12N2O3. The van der Waals surface area contributed by atoms with Gasteiger partial charge < -0.3 is 16.2 Å². The summed E-state index contributed by atoms with van der Waals surface area (Å²) >= 11 is 0. The Kier molecular flexibility index (Phi) is 3.82. The summed E-state index contributed by atoms with van der Waals surface area (Å²) in [6.07, 6.45) is 0. The first-order chi connectivity index (χ1) is 7.13. The van der Waals surface area contributed by atoms with E-state index in [1.54, 1.807) is 12.1 Å². The van der Waals surface area contributed by atoms with E-state index in [0.717, 1.165) is 5.56 Å². The molecule has 0 aliphatic heterocycles. The average Bonchev–Trinajstić information content (AvgIpc) is 2.26. The van der Waals surface area contributed by atoms with Gasteiger partial charge in [-0.1, -0.05) is 12.1 Å². The summed E-state index contributed by atoms with van der Waals surface area (Å²) in [5.74, 6) is -1.25. The summed E-state index contributed by atoms with van der Waals surface area (Å²) in [6.45, 7) is 0.218. The first-order valence-electron chi connectivity index (χ1n) is 4.42. The van der Waals surface area contributed by atoms with Gasteiger partial charge >= 0.3 is 5.97 Å². The molecular weight excluding hydrogens is 196 g/mol. The topological polar surface area (TPSA) is 92.4 Å². The molecule has 5 heteroatoms. The number of carbonyl (C=O) groups excluding carboxylic acids is 1. The van der Waals surface area contributed by atoms with E-state index >= 15 is 0 Å². The highest BCUT2D eigenvalue weighted by molar-refractivity contribution is 5.87. The van der Waals surface area contributed by atoms with Crippen molar-refractivity contribution in [2.75, 3.05) is 6.54 Å². The van der Waals surface area contributed by atoms with E-state index in [1.165, 1.54) is 12.1 Å². The number of amides is 1. The van der Waals surface area contributed by atoms with Crippen molar-refractivity contribution in [2.45, 2.75) is 6.54 Å². The van der Waals surface area contributed by atoms with Crippen LogP contribution in [0.3, 0.4) is 0 Å². The Morgan fingerprint density at radius 1 is 1.40 bits per heavy atom. The molecule has 0 aromatic heterocycles. The molecule has 5 nitrogen and oxygen atoms in total. The fourth-order valence-electron chi connectivity index (χ4n) is 1.09. The Labute approximate surface area is 86.9 Å². The Hall–Kier alpha value is -1.88. The zero-order valence-electron chi connectivity index (χ0n) is 8.06. The number of carboxylic acid groups (broad SMARTS) is 1. The highest BCUT2D eigenvalue weighted by Crippen LogP contribution is 2.04. The van der Waals surface area contributed by atoms with E-state index in [9.17, 15) is 9.59 Å².